The maximum absolute atomic E-state index is 13.4. The minimum Gasteiger partial charge on any atom is -0.492 e. The molecule has 0 atom stereocenters. The van der Waals surface area contributed by atoms with Crippen molar-refractivity contribution in [3.63, 3.8) is 0 Å². The van der Waals surface area contributed by atoms with Crippen LogP contribution >= 0.6 is 0 Å². The molecule has 0 bridgehead atoms. The van der Waals surface area contributed by atoms with Crippen LogP contribution in [0.25, 0.3) is 0 Å². The summed E-state index contributed by atoms with van der Waals surface area (Å²) in [5.41, 5.74) is -2.99. The van der Waals surface area contributed by atoms with Crippen molar-refractivity contribution in [3.8, 4) is 5.75 Å². The van der Waals surface area contributed by atoms with E-state index in [1.807, 2.05) is 4.90 Å². The number of anilines is 4. The molecular formula is C27H36N6O3S. The van der Waals surface area contributed by atoms with Crippen LogP contribution in [0.2, 0.25) is 0 Å². The Balaban J connectivity index is 1.54. The summed E-state index contributed by atoms with van der Waals surface area (Å²) in [4.78, 5) is 9.86. The highest BCUT2D eigenvalue weighted by molar-refractivity contribution is 7.89. The molecule has 0 spiro atoms. The van der Waals surface area contributed by atoms with Crippen LogP contribution < -0.4 is 20.1 Å². The molecule has 0 saturated carbocycles. The summed E-state index contributed by atoms with van der Waals surface area (Å²) < 4.78 is 128. The maximum atomic E-state index is 13.4. The predicted octanol–water partition coefficient (Wildman–Crippen LogP) is 4.82. The molecule has 1 fully saturated rings. The van der Waals surface area contributed by atoms with E-state index in [1.165, 1.54) is 23.8 Å². The van der Waals surface area contributed by atoms with E-state index in [1.54, 1.807) is 24.3 Å². The van der Waals surface area contributed by atoms with Crippen LogP contribution in [-0.2, 0) is 10.0 Å². The molecule has 1 aliphatic heterocycles. The van der Waals surface area contributed by atoms with E-state index in [0.717, 1.165) is 38.1 Å². The highest BCUT2D eigenvalue weighted by Gasteiger charge is 2.22. The molecule has 0 radical (unpaired) electrons. The fraction of sp³-hybridized carbons (Fsp3) is 0.407. The van der Waals surface area contributed by atoms with Crippen LogP contribution in [0.5, 0.6) is 5.75 Å². The zero-order valence-corrected chi connectivity index (χ0v) is 20.9. The number of ether oxygens (including phenoxy) is 1. The summed E-state index contributed by atoms with van der Waals surface area (Å²) >= 11 is 0. The van der Waals surface area contributed by atoms with Gasteiger partial charge < -0.3 is 15.4 Å². The van der Waals surface area contributed by atoms with Crippen molar-refractivity contribution in [2.45, 2.75) is 50.8 Å². The number of benzene rings is 2. The van der Waals surface area contributed by atoms with Crippen LogP contribution in [0.3, 0.4) is 0 Å². The van der Waals surface area contributed by atoms with E-state index in [2.05, 4.69) is 20.6 Å². The second-order valence-electron chi connectivity index (χ2n) is 8.52. The van der Waals surface area contributed by atoms with Crippen LogP contribution in [0.4, 0.5) is 23.1 Å². The van der Waals surface area contributed by atoms with E-state index in [0.29, 0.717) is 11.4 Å². The first-order chi connectivity index (χ1) is 22.4. The van der Waals surface area contributed by atoms with Gasteiger partial charge in [-0.1, -0.05) is 6.07 Å². The lowest BCUT2D eigenvalue weighted by atomic mass is 10.1. The van der Waals surface area contributed by atoms with Gasteiger partial charge >= 0.3 is 0 Å². The Morgan fingerprint density at radius 3 is 2.59 bits per heavy atom. The number of hydrogen-bond acceptors (Lipinski definition) is 8. The highest BCUT2D eigenvalue weighted by Crippen LogP contribution is 2.24. The van der Waals surface area contributed by atoms with Crippen molar-refractivity contribution in [1.82, 2.24) is 19.6 Å². The minimum atomic E-state index is -5.06. The van der Waals surface area contributed by atoms with E-state index in [-0.39, 0.29) is 35.7 Å². The van der Waals surface area contributed by atoms with Crippen molar-refractivity contribution < 1.29 is 29.6 Å². The van der Waals surface area contributed by atoms with Gasteiger partial charge in [0.15, 0.2) is 0 Å². The zero-order chi connectivity index (χ0) is 36.6. The number of rotatable bonds is 10. The summed E-state index contributed by atoms with van der Waals surface area (Å²) in [5.74, 6) is 0.377. The van der Waals surface area contributed by atoms with Gasteiger partial charge in [-0.15, -0.1) is 0 Å². The highest BCUT2D eigenvalue weighted by atomic mass is 32.2. The second kappa shape index (κ2) is 11.5. The number of aromatic nitrogens is 2. The van der Waals surface area contributed by atoms with E-state index < -0.39 is 47.6 Å². The maximum Gasteiger partial charge on any atom is 0.241 e. The largest absolute Gasteiger partial charge is 0.492 e. The SMILES string of the molecule is [2H]c1nc(Nc2ccc(OC([2H])([2H])CN3CCCC3)cc2)nc(Nc2cccc(S(=O)(=O)NC(C([2H])([2H])[2H])(C([2H])([2H])[2H])C([2H])([2H])[2H])c2)c1C. The minimum absolute atomic E-state index is 0.0145. The Hall–Kier alpha value is -3.21. The Morgan fingerprint density at radius 2 is 1.86 bits per heavy atom. The molecule has 10 heteroatoms. The molecule has 9 nitrogen and oxygen atoms in total. The van der Waals surface area contributed by atoms with Crippen molar-refractivity contribution in [3.05, 3.63) is 60.3 Å². The van der Waals surface area contributed by atoms with Gasteiger partial charge in [-0.3, -0.25) is 4.90 Å². The summed E-state index contributed by atoms with van der Waals surface area (Å²) in [7, 11) is -5.06. The molecule has 0 unspecified atom stereocenters. The molecule has 3 aromatic rings. The van der Waals surface area contributed by atoms with Gasteiger partial charge in [-0.05, 0) is 95.9 Å². The van der Waals surface area contributed by atoms with Crippen LogP contribution in [0.1, 0.15) is 55.4 Å². The molecular weight excluding hydrogens is 488 g/mol. The topological polar surface area (TPSA) is 108 Å². The summed E-state index contributed by atoms with van der Waals surface area (Å²) in [6.45, 7) is -9.96. The Morgan fingerprint density at radius 1 is 1.11 bits per heavy atom. The molecule has 3 N–H and O–H groups in total. The summed E-state index contributed by atoms with van der Waals surface area (Å²) in [5, 5.41) is 5.81. The lowest BCUT2D eigenvalue weighted by Crippen LogP contribution is -2.40. The third-order valence-corrected chi connectivity index (χ3v) is 6.83. The van der Waals surface area contributed by atoms with Gasteiger partial charge in [0.2, 0.25) is 16.0 Å². The zero-order valence-electron chi connectivity index (χ0n) is 32.1. The molecule has 0 amide bonds. The van der Waals surface area contributed by atoms with Gasteiger partial charge in [0.1, 0.15) is 18.1 Å². The first-order valence-corrected chi connectivity index (χ1v) is 13.0. The van der Waals surface area contributed by atoms with Crippen molar-refractivity contribution in [1.29, 1.82) is 0 Å². The summed E-state index contributed by atoms with van der Waals surface area (Å²) in [6, 6.07) is 11.1. The Bertz CT molecular complexity index is 1710. The fourth-order valence-electron chi connectivity index (χ4n) is 3.60. The van der Waals surface area contributed by atoms with Crippen LogP contribution in [0.15, 0.2) is 59.6 Å². The molecule has 1 aromatic heterocycles. The van der Waals surface area contributed by atoms with E-state index >= 15 is 0 Å². The average molecular weight is 537 g/mol. The van der Waals surface area contributed by atoms with Crippen molar-refractivity contribution >= 4 is 33.2 Å². The molecule has 1 aliphatic rings. The first kappa shape index (κ1) is 15.3. The van der Waals surface area contributed by atoms with Gasteiger partial charge in [-0.25, -0.2) is 18.1 Å². The van der Waals surface area contributed by atoms with Crippen LogP contribution in [-0.4, -0.2) is 55.0 Å². The van der Waals surface area contributed by atoms with Crippen molar-refractivity contribution in [2.24, 2.45) is 0 Å². The van der Waals surface area contributed by atoms with E-state index in [4.69, 9.17) is 21.2 Å². The van der Waals surface area contributed by atoms with Gasteiger partial charge in [0, 0.05) is 47.5 Å². The second-order valence-corrected chi connectivity index (χ2v) is 10.2. The average Bonchev–Trinajstić information content (AvgIpc) is 3.46. The molecule has 2 aromatic carbocycles. The van der Waals surface area contributed by atoms with Crippen LogP contribution in [0, 0.1) is 6.92 Å². The molecule has 4 rings (SSSR count). The third-order valence-electron chi connectivity index (χ3n) is 5.38. The normalized spacial score (nSPS) is 20.7. The molecule has 2 heterocycles. The summed E-state index contributed by atoms with van der Waals surface area (Å²) in [6.07, 6.45) is 1.87. The van der Waals surface area contributed by atoms with E-state index in [9.17, 15) is 8.42 Å². The number of nitrogens with zero attached hydrogens (tertiary/aromatic N) is 3. The lowest BCUT2D eigenvalue weighted by Gasteiger charge is -2.20. The standard InChI is InChI=1S/C27H36N6O3S/c1-20-19-28-26(30-21-10-12-23(13-11-21)36-17-16-33-14-5-6-15-33)31-25(20)29-22-8-7-9-24(18-22)37(34,35)32-27(2,3)4/h7-13,18-19,32H,5-6,14-17H2,1-4H3,(H2,28,29,30,31)/i2D3,3D3,4D3,17D2,19D. The molecule has 37 heavy (non-hydrogen) atoms. The fourth-order valence-corrected chi connectivity index (χ4v) is 4.66. The Labute approximate surface area is 236 Å². The van der Waals surface area contributed by atoms with Gasteiger partial charge in [0.05, 0.1) is 9.01 Å². The predicted molar refractivity (Wildman–Crippen MR) is 147 cm³/mol. The lowest BCUT2D eigenvalue weighted by molar-refractivity contribution is 0.238. The number of nitrogens with one attached hydrogen (secondary N) is 3. The number of hydrogen-bond donors (Lipinski definition) is 3. The van der Waals surface area contributed by atoms with Gasteiger partial charge in [-0.2, -0.15) is 4.98 Å². The Kier molecular flexibility index (Phi) is 4.72. The molecule has 1 saturated heterocycles. The number of likely N-dealkylation sites (tertiary alicyclic amines) is 1. The van der Waals surface area contributed by atoms with Crippen molar-refractivity contribution in [2.75, 3.05) is 36.8 Å². The quantitative estimate of drug-likeness (QED) is 0.338. The monoisotopic (exact) mass is 536 g/mol. The molecule has 0 aliphatic carbocycles. The third kappa shape index (κ3) is 7.88. The number of sulfonamides is 1. The first-order valence-electron chi connectivity index (χ1n) is 17.5. The van der Waals surface area contributed by atoms with Gasteiger partial charge in [0.25, 0.3) is 0 Å². The molecule has 198 valence electrons. The smallest absolute Gasteiger partial charge is 0.241 e.